The highest BCUT2D eigenvalue weighted by Crippen LogP contribution is 2.34. The second-order valence-electron chi connectivity index (χ2n) is 5.69. The molecule has 2 aliphatic rings. The van der Waals surface area contributed by atoms with Crippen molar-refractivity contribution >= 4 is 0 Å². The molecule has 4 heteroatoms. The summed E-state index contributed by atoms with van der Waals surface area (Å²) in [6.07, 6.45) is 4.96. The fourth-order valence-corrected chi connectivity index (χ4v) is 2.85. The van der Waals surface area contributed by atoms with E-state index in [-0.39, 0.29) is 5.60 Å². The summed E-state index contributed by atoms with van der Waals surface area (Å²) in [4.78, 5) is 0. The van der Waals surface area contributed by atoms with E-state index >= 15 is 0 Å². The number of rotatable bonds is 5. The third kappa shape index (κ3) is 4.19. The van der Waals surface area contributed by atoms with Gasteiger partial charge in [-0.25, -0.2) is 0 Å². The van der Waals surface area contributed by atoms with Crippen molar-refractivity contribution in [3.63, 3.8) is 0 Å². The lowest BCUT2D eigenvalue weighted by atomic mass is 9.84. The van der Waals surface area contributed by atoms with E-state index in [0.29, 0.717) is 25.4 Å². The summed E-state index contributed by atoms with van der Waals surface area (Å²) < 4.78 is 17.5. The van der Waals surface area contributed by atoms with Crippen LogP contribution in [0.2, 0.25) is 0 Å². The normalized spacial score (nSPS) is 27.8. The highest BCUT2D eigenvalue weighted by molar-refractivity contribution is 4.91. The quantitative estimate of drug-likeness (QED) is 0.761. The highest BCUT2D eigenvalue weighted by Gasteiger charge is 2.38. The summed E-state index contributed by atoms with van der Waals surface area (Å²) in [7, 11) is 0. The summed E-state index contributed by atoms with van der Waals surface area (Å²) >= 11 is 0. The summed E-state index contributed by atoms with van der Waals surface area (Å²) in [6, 6.07) is 0. The van der Waals surface area contributed by atoms with Crippen LogP contribution in [0.1, 0.15) is 39.5 Å². The van der Waals surface area contributed by atoms with E-state index < -0.39 is 0 Å². The topological polar surface area (TPSA) is 39.7 Å². The van der Waals surface area contributed by atoms with Gasteiger partial charge >= 0.3 is 0 Å². The van der Waals surface area contributed by atoms with E-state index in [1.54, 1.807) is 0 Å². The fourth-order valence-electron chi connectivity index (χ4n) is 2.85. The summed E-state index contributed by atoms with van der Waals surface area (Å²) in [5.74, 6) is 0. The van der Waals surface area contributed by atoms with Crippen LogP contribution in [0.3, 0.4) is 0 Å². The molecule has 2 saturated heterocycles. The van der Waals surface area contributed by atoms with Crippen molar-refractivity contribution in [1.82, 2.24) is 5.32 Å². The van der Waals surface area contributed by atoms with Crippen LogP contribution in [0.15, 0.2) is 0 Å². The number of nitrogens with one attached hydrogen (secondary N) is 1. The van der Waals surface area contributed by atoms with Crippen molar-refractivity contribution < 1.29 is 14.2 Å². The molecule has 1 atom stereocenters. The Morgan fingerprint density at radius 1 is 1.28 bits per heavy atom. The molecule has 0 aromatic rings. The zero-order valence-electron chi connectivity index (χ0n) is 11.7. The molecule has 0 saturated carbocycles. The van der Waals surface area contributed by atoms with Crippen LogP contribution in [-0.2, 0) is 14.2 Å². The molecule has 0 amide bonds. The Bertz CT molecular complexity index is 234. The van der Waals surface area contributed by atoms with E-state index in [0.717, 1.165) is 45.4 Å². The lowest BCUT2D eigenvalue weighted by molar-refractivity contribution is -0.149. The number of ether oxygens (including phenoxy) is 3. The zero-order valence-corrected chi connectivity index (χ0v) is 11.7. The van der Waals surface area contributed by atoms with Gasteiger partial charge in [-0.1, -0.05) is 0 Å². The predicted molar refractivity (Wildman–Crippen MR) is 70.8 cm³/mol. The average molecular weight is 257 g/mol. The van der Waals surface area contributed by atoms with Crippen molar-refractivity contribution in [2.24, 2.45) is 0 Å². The molecule has 1 N–H and O–H groups in total. The predicted octanol–water partition coefficient (Wildman–Crippen LogP) is 1.73. The Morgan fingerprint density at radius 3 is 2.78 bits per heavy atom. The minimum atomic E-state index is 0.0903. The minimum absolute atomic E-state index is 0.0903. The van der Waals surface area contributed by atoms with Gasteiger partial charge in [0.05, 0.1) is 31.0 Å². The molecule has 2 aliphatic heterocycles. The molecule has 1 unspecified atom stereocenters. The Labute approximate surface area is 110 Å². The Balaban J connectivity index is 1.69. The minimum Gasteiger partial charge on any atom is -0.376 e. The second-order valence-corrected chi connectivity index (χ2v) is 5.69. The Kier molecular flexibility index (Phi) is 5.42. The van der Waals surface area contributed by atoms with E-state index in [2.05, 4.69) is 19.2 Å². The molecule has 1 spiro atoms. The number of hydrogen-bond donors (Lipinski definition) is 1. The van der Waals surface area contributed by atoms with Crippen molar-refractivity contribution in [2.45, 2.75) is 57.3 Å². The standard InChI is InChI=1S/C14H27NO3/c1-12(2)16-9-10-17-13-3-8-18-14(11-13)4-6-15-7-5-14/h12-13,15H,3-11H2,1-2H3. The summed E-state index contributed by atoms with van der Waals surface area (Å²) in [6.45, 7) is 8.50. The molecule has 2 rings (SSSR count). The van der Waals surface area contributed by atoms with Gasteiger partial charge in [-0.05, 0) is 46.2 Å². The van der Waals surface area contributed by atoms with Gasteiger partial charge in [-0.15, -0.1) is 0 Å². The molecule has 18 heavy (non-hydrogen) atoms. The molecule has 2 heterocycles. The lowest BCUT2D eigenvalue weighted by Gasteiger charge is -2.43. The highest BCUT2D eigenvalue weighted by atomic mass is 16.5. The largest absolute Gasteiger partial charge is 0.376 e. The van der Waals surface area contributed by atoms with Crippen molar-refractivity contribution in [2.75, 3.05) is 32.9 Å². The molecule has 0 bridgehead atoms. The first kappa shape index (κ1) is 14.3. The molecular weight excluding hydrogens is 230 g/mol. The Morgan fingerprint density at radius 2 is 2.06 bits per heavy atom. The van der Waals surface area contributed by atoms with Crippen LogP contribution in [0.4, 0.5) is 0 Å². The Hall–Kier alpha value is -0.160. The number of piperidine rings is 1. The molecule has 0 aromatic carbocycles. The molecule has 0 aromatic heterocycles. The zero-order chi connectivity index (χ0) is 12.8. The third-order valence-corrected chi connectivity index (χ3v) is 3.85. The van der Waals surface area contributed by atoms with Crippen molar-refractivity contribution in [1.29, 1.82) is 0 Å². The van der Waals surface area contributed by atoms with Gasteiger partial charge in [0.1, 0.15) is 0 Å². The third-order valence-electron chi connectivity index (χ3n) is 3.85. The maximum atomic E-state index is 6.03. The van der Waals surface area contributed by atoms with Gasteiger partial charge in [0, 0.05) is 13.0 Å². The second kappa shape index (κ2) is 6.85. The van der Waals surface area contributed by atoms with Crippen LogP contribution in [0, 0.1) is 0 Å². The smallest absolute Gasteiger partial charge is 0.0731 e. The van der Waals surface area contributed by atoms with Gasteiger partial charge < -0.3 is 19.5 Å². The first-order valence-electron chi connectivity index (χ1n) is 7.28. The summed E-state index contributed by atoms with van der Waals surface area (Å²) in [5, 5.41) is 3.40. The molecule has 2 fully saturated rings. The van der Waals surface area contributed by atoms with E-state index in [1.807, 2.05) is 0 Å². The van der Waals surface area contributed by atoms with Crippen LogP contribution < -0.4 is 5.32 Å². The van der Waals surface area contributed by atoms with Crippen LogP contribution in [-0.4, -0.2) is 50.7 Å². The van der Waals surface area contributed by atoms with Gasteiger partial charge in [0.25, 0.3) is 0 Å². The van der Waals surface area contributed by atoms with Crippen LogP contribution in [0.5, 0.6) is 0 Å². The first-order valence-corrected chi connectivity index (χ1v) is 7.28. The average Bonchev–Trinajstić information content (AvgIpc) is 2.36. The SMILES string of the molecule is CC(C)OCCOC1CCOC2(CCNCC2)C1. The summed E-state index contributed by atoms with van der Waals surface area (Å²) in [5.41, 5.74) is 0.0903. The maximum Gasteiger partial charge on any atom is 0.0731 e. The number of hydrogen-bond acceptors (Lipinski definition) is 4. The first-order chi connectivity index (χ1) is 8.70. The molecule has 0 radical (unpaired) electrons. The van der Waals surface area contributed by atoms with Crippen LogP contribution >= 0.6 is 0 Å². The van der Waals surface area contributed by atoms with Crippen LogP contribution in [0.25, 0.3) is 0 Å². The van der Waals surface area contributed by atoms with Gasteiger partial charge in [-0.2, -0.15) is 0 Å². The van der Waals surface area contributed by atoms with E-state index in [4.69, 9.17) is 14.2 Å². The monoisotopic (exact) mass is 257 g/mol. The van der Waals surface area contributed by atoms with E-state index in [1.165, 1.54) is 0 Å². The molecule has 4 nitrogen and oxygen atoms in total. The molecule has 106 valence electrons. The van der Waals surface area contributed by atoms with E-state index in [9.17, 15) is 0 Å². The maximum absolute atomic E-state index is 6.03. The van der Waals surface area contributed by atoms with Gasteiger partial charge in [0.2, 0.25) is 0 Å². The van der Waals surface area contributed by atoms with Gasteiger partial charge in [0.15, 0.2) is 0 Å². The fraction of sp³-hybridized carbons (Fsp3) is 1.00. The van der Waals surface area contributed by atoms with Gasteiger partial charge in [-0.3, -0.25) is 0 Å². The van der Waals surface area contributed by atoms with Crippen molar-refractivity contribution in [3.8, 4) is 0 Å². The van der Waals surface area contributed by atoms with Crippen molar-refractivity contribution in [3.05, 3.63) is 0 Å². The molecular formula is C14H27NO3. The lowest BCUT2D eigenvalue weighted by Crippen LogP contribution is -2.49. The molecule has 0 aliphatic carbocycles.